The average molecular weight is 265 g/mol. The van der Waals surface area contributed by atoms with Crippen LogP contribution in [0.2, 0.25) is 0 Å². The monoisotopic (exact) mass is 264 g/mol. The first-order valence-electron chi connectivity index (χ1n) is 4.93. The number of fused-ring (bicyclic) bond motifs is 1. The first kappa shape index (κ1) is 13.3. The fraction of sp³-hybridized carbons (Fsp3) is 0.667. The number of nitrogens with zero attached hydrogens (tertiary/aromatic N) is 3. The number of aromatic nitrogens is 3. The summed E-state index contributed by atoms with van der Waals surface area (Å²) in [6.45, 7) is 0. The van der Waals surface area contributed by atoms with Gasteiger partial charge in [0.05, 0.1) is 11.4 Å². The van der Waals surface area contributed by atoms with Gasteiger partial charge in [-0.05, 0) is 12.8 Å². The lowest BCUT2D eigenvalue weighted by atomic mass is 9.96. The summed E-state index contributed by atoms with van der Waals surface area (Å²) in [6, 6.07) is 0.168. The van der Waals surface area contributed by atoms with Crippen LogP contribution in [0.4, 0.5) is 0 Å². The molecule has 1 heterocycles. The van der Waals surface area contributed by atoms with Gasteiger partial charge in [0.15, 0.2) is 0 Å². The molecule has 2 rings (SSSR count). The van der Waals surface area contributed by atoms with E-state index in [-0.39, 0.29) is 30.2 Å². The maximum absolute atomic E-state index is 11.1. The Bertz CT molecular complexity index is 380. The summed E-state index contributed by atoms with van der Waals surface area (Å²) in [7, 11) is 1.87. The maximum Gasteiger partial charge on any atom is 0.235 e. The van der Waals surface area contributed by atoms with Gasteiger partial charge in [-0.3, -0.25) is 9.48 Å². The standard InChI is InChI=1S/C9H13ClN4O.ClH/c1-14-8-4-6(11-9(15)5-10)2-3-7(8)12-13-14;/h6H,2-5H2,1H3,(H,11,15);1H. The van der Waals surface area contributed by atoms with E-state index in [2.05, 4.69) is 15.6 Å². The van der Waals surface area contributed by atoms with Crippen molar-refractivity contribution < 1.29 is 4.79 Å². The number of amides is 1. The van der Waals surface area contributed by atoms with E-state index in [4.69, 9.17) is 11.6 Å². The summed E-state index contributed by atoms with van der Waals surface area (Å²) >= 11 is 5.44. The summed E-state index contributed by atoms with van der Waals surface area (Å²) in [5, 5.41) is 10.9. The molecule has 1 aliphatic carbocycles. The van der Waals surface area contributed by atoms with Crippen LogP contribution >= 0.6 is 24.0 Å². The molecule has 0 spiro atoms. The summed E-state index contributed by atoms with van der Waals surface area (Å²) < 4.78 is 1.77. The molecular weight excluding hydrogens is 251 g/mol. The van der Waals surface area contributed by atoms with Gasteiger partial charge < -0.3 is 5.32 Å². The van der Waals surface area contributed by atoms with Gasteiger partial charge in [-0.15, -0.1) is 29.1 Å². The Morgan fingerprint density at radius 1 is 1.69 bits per heavy atom. The van der Waals surface area contributed by atoms with Gasteiger partial charge in [0.1, 0.15) is 5.88 Å². The molecule has 0 saturated heterocycles. The number of hydrogen-bond donors (Lipinski definition) is 1. The third-order valence-corrected chi connectivity index (χ3v) is 2.92. The first-order valence-corrected chi connectivity index (χ1v) is 5.47. The zero-order chi connectivity index (χ0) is 10.8. The van der Waals surface area contributed by atoms with Gasteiger partial charge in [-0.1, -0.05) is 5.21 Å². The van der Waals surface area contributed by atoms with Crippen molar-refractivity contribution in [3.63, 3.8) is 0 Å². The van der Waals surface area contributed by atoms with Gasteiger partial charge in [0.2, 0.25) is 5.91 Å². The molecule has 0 radical (unpaired) electrons. The van der Waals surface area contributed by atoms with Crippen molar-refractivity contribution in [2.24, 2.45) is 7.05 Å². The summed E-state index contributed by atoms with van der Waals surface area (Å²) in [5.74, 6) is -0.0901. The minimum atomic E-state index is -0.111. The highest BCUT2D eigenvalue weighted by molar-refractivity contribution is 6.27. The van der Waals surface area contributed by atoms with Crippen LogP contribution < -0.4 is 5.32 Å². The van der Waals surface area contributed by atoms with E-state index < -0.39 is 0 Å². The number of rotatable bonds is 2. The first-order chi connectivity index (χ1) is 7.20. The normalized spacial score (nSPS) is 18.5. The lowest BCUT2D eigenvalue weighted by molar-refractivity contribution is -0.119. The quantitative estimate of drug-likeness (QED) is 0.790. The van der Waals surface area contributed by atoms with E-state index in [1.54, 1.807) is 4.68 Å². The van der Waals surface area contributed by atoms with Gasteiger partial charge in [-0.25, -0.2) is 0 Å². The van der Waals surface area contributed by atoms with Crippen LogP contribution in [0.25, 0.3) is 0 Å². The van der Waals surface area contributed by atoms with Crippen molar-refractivity contribution in [1.82, 2.24) is 20.3 Å². The zero-order valence-electron chi connectivity index (χ0n) is 8.94. The minimum absolute atomic E-state index is 0. The van der Waals surface area contributed by atoms with Crippen molar-refractivity contribution in [3.05, 3.63) is 11.4 Å². The Morgan fingerprint density at radius 3 is 3.12 bits per heavy atom. The molecule has 0 fully saturated rings. The fourth-order valence-electron chi connectivity index (χ4n) is 1.90. The van der Waals surface area contributed by atoms with E-state index in [0.717, 1.165) is 30.7 Å². The van der Waals surface area contributed by atoms with E-state index in [0.29, 0.717) is 0 Å². The maximum atomic E-state index is 11.1. The molecule has 1 atom stereocenters. The highest BCUT2D eigenvalue weighted by Gasteiger charge is 2.23. The molecule has 0 aliphatic heterocycles. The molecule has 90 valence electrons. The third-order valence-electron chi connectivity index (χ3n) is 2.68. The smallest absolute Gasteiger partial charge is 0.235 e. The van der Waals surface area contributed by atoms with E-state index >= 15 is 0 Å². The largest absolute Gasteiger partial charge is 0.352 e. The molecule has 1 aromatic rings. The Labute approximate surface area is 105 Å². The number of aryl methyl sites for hydroxylation is 2. The average Bonchev–Trinajstić information content (AvgIpc) is 2.60. The van der Waals surface area contributed by atoms with Crippen LogP contribution in [0.5, 0.6) is 0 Å². The van der Waals surface area contributed by atoms with Crippen LogP contribution in [0, 0.1) is 0 Å². The molecule has 1 aliphatic rings. The number of carbonyl (C=O) groups excluding carboxylic acids is 1. The van der Waals surface area contributed by atoms with Crippen molar-refractivity contribution in [2.45, 2.75) is 25.3 Å². The molecule has 7 heteroatoms. The lowest BCUT2D eigenvalue weighted by Gasteiger charge is -2.22. The third kappa shape index (κ3) is 2.65. The van der Waals surface area contributed by atoms with E-state index in [1.807, 2.05) is 7.05 Å². The summed E-state index contributed by atoms with van der Waals surface area (Å²) in [6.07, 6.45) is 2.58. The lowest BCUT2D eigenvalue weighted by Crippen LogP contribution is -2.39. The van der Waals surface area contributed by atoms with Gasteiger partial charge in [-0.2, -0.15) is 0 Å². The Hall–Kier alpha value is -0.810. The fourth-order valence-corrected chi connectivity index (χ4v) is 1.98. The highest BCUT2D eigenvalue weighted by atomic mass is 35.5. The molecule has 0 bridgehead atoms. The van der Waals surface area contributed by atoms with Crippen molar-refractivity contribution >= 4 is 29.9 Å². The van der Waals surface area contributed by atoms with Crippen molar-refractivity contribution in [3.8, 4) is 0 Å². The number of carbonyl (C=O) groups is 1. The van der Waals surface area contributed by atoms with Gasteiger partial charge in [0.25, 0.3) is 0 Å². The van der Waals surface area contributed by atoms with Gasteiger partial charge >= 0.3 is 0 Å². The van der Waals surface area contributed by atoms with Crippen LogP contribution in [0.1, 0.15) is 17.8 Å². The number of nitrogens with one attached hydrogen (secondary N) is 1. The van der Waals surface area contributed by atoms with Crippen LogP contribution in [-0.2, 0) is 24.7 Å². The molecule has 1 aromatic heterocycles. The predicted octanol–water partition coefficient (Wildman–Crippen LogP) is 0.449. The molecular formula is C9H14Cl2N4O. The zero-order valence-corrected chi connectivity index (χ0v) is 10.5. The van der Waals surface area contributed by atoms with Gasteiger partial charge in [0, 0.05) is 19.5 Å². The number of halogens is 2. The minimum Gasteiger partial charge on any atom is -0.352 e. The highest BCUT2D eigenvalue weighted by Crippen LogP contribution is 2.18. The molecule has 0 saturated carbocycles. The second-order valence-corrected chi connectivity index (χ2v) is 4.01. The Kier molecular flexibility index (Phi) is 4.56. The molecule has 1 unspecified atom stereocenters. The van der Waals surface area contributed by atoms with Crippen molar-refractivity contribution in [1.29, 1.82) is 0 Å². The molecule has 16 heavy (non-hydrogen) atoms. The SMILES string of the molecule is Cl.Cn1nnc2c1CC(NC(=O)CCl)CC2. The van der Waals surface area contributed by atoms with Crippen LogP contribution in [0.15, 0.2) is 0 Å². The second-order valence-electron chi connectivity index (χ2n) is 3.75. The molecule has 5 nitrogen and oxygen atoms in total. The molecule has 0 aromatic carbocycles. The summed E-state index contributed by atoms with van der Waals surface area (Å²) in [4.78, 5) is 11.1. The molecule has 1 N–H and O–H groups in total. The van der Waals surface area contributed by atoms with E-state index in [9.17, 15) is 4.79 Å². The molecule has 1 amide bonds. The number of alkyl halides is 1. The second kappa shape index (κ2) is 5.50. The predicted molar refractivity (Wildman–Crippen MR) is 62.9 cm³/mol. The Balaban J connectivity index is 0.00000128. The number of hydrogen-bond acceptors (Lipinski definition) is 3. The Morgan fingerprint density at radius 2 is 2.44 bits per heavy atom. The topological polar surface area (TPSA) is 59.8 Å². The van der Waals surface area contributed by atoms with Crippen molar-refractivity contribution in [2.75, 3.05) is 5.88 Å². The summed E-state index contributed by atoms with van der Waals surface area (Å²) in [5.41, 5.74) is 2.16. The van der Waals surface area contributed by atoms with E-state index in [1.165, 1.54) is 0 Å². The van der Waals surface area contributed by atoms with Crippen LogP contribution in [0.3, 0.4) is 0 Å². The van der Waals surface area contributed by atoms with Crippen LogP contribution in [-0.4, -0.2) is 32.8 Å².